The molecule has 0 radical (unpaired) electrons. The molecule has 21 heavy (non-hydrogen) atoms. The minimum Gasteiger partial charge on any atom is -0.489 e. The van der Waals surface area contributed by atoms with E-state index in [4.69, 9.17) is 9.15 Å². The van der Waals surface area contributed by atoms with Crippen molar-refractivity contribution in [3.63, 3.8) is 0 Å². The smallest absolute Gasteiger partial charge is 0.119 e. The van der Waals surface area contributed by atoms with Crippen molar-refractivity contribution >= 4 is 0 Å². The lowest BCUT2D eigenvalue weighted by atomic mass is 10.1. The van der Waals surface area contributed by atoms with Gasteiger partial charge in [0.1, 0.15) is 17.6 Å². The molecule has 0 bridgehead atoms. The van der Waals surface area contributed by atoms with E-state index < -0.39 is 0 Å². The topological polar surface area (TPSA) is 34.4 Å². The highest BCUT2D eigenvalue weighted by molar-refractivity contribution is 5.27. The molecule has 0 saturated heterocycles. The Morgan fingerprint density at radius 2 is 2.00 bits per heavy atom. The van der Waals surface area contributed by atoms with Crippen LogP contribution in [0.3, 0.4) is 0 Å². The average Bonchev–Trinajstić information content (AvgIpc) is 3.00. The molecule has 1 aromatic heterocycles. The summed E-state index contributed by atoms with van der Waals surface area (Å²) in [7, 11) is 0. The van der Waals surface area contributed by atoms with Gasteiger partial charge < -0.3 is 14.5 Å². The van der Waals surface area contributed by atoms with Gasteiger partial charge >= 0.3 is 0 Å². The van der Waals surface area contributed by atoms with Crippen LogP contribution in [0.4, 0.5) is 0 Å². The standard InChI is InChI=1S/C18H25NO2/c1-3-4-6-16-8-10-17(11-9-16)21-15(2)13-19-14-18-7-5-12-20-18/h5,7-12,15,19H,3-4,6,13-14H2,1-2H3. The number of rotatable bonds is 9. The molecule has 0 spiro atoms. The average molecular weight is 287 g/mol. The molecule has 0 aliphatic carbocycles. The van der Waals surface area contributed by atoms with E-state index in [0.29, 0.717) is 0 Å². The third-order valence-corrected chi connectivity index (χ3v) is 3.39. The minimum absolute atomic E-state index is 0.126. The molecule has 3 nitrogen and oxygen atoms in total. The number of hydrogen-bond donors (Lipinski definition) is 1. The summed E-state index contributed by atoms with van der Waals surface area (Å²) < 4.78 is 11.2. The number of benzene rings is 1. The van der Waals surface area contributed by atoms with Crippen LogP contribution < -0.4 is 10.1 Å². The van der Waals surface area contributed by atoms with Crippen molar-refractivity contribution in [2.75, 3.05) is 6.54 Å². The van der Waals surface area contributed by atoms with E-state index in [9.17, 15) is 0 Å². The van der Waals surface area contributed by atoms with Gasteiger partial charge in [0, 0.05) is 6.54 Å². The molecule has 0 aliphatic heterocycles. The molecule has 1 atom stereocenters. The lowest BCUT2D eigenvalue weighted by Crippen LogP contribution is -2.28. The normalized spacial score (nSPS) is 12.3. The molecule has 1 aromatic carbocycles. The molecule has 0 amide bonds. The maximum Gasteiger partial charge on any atom is 0.119 e. The van der Waals surface area contributed by atoms with Crippen molar-refractivity contribution in [2.45, 2.75) is 45.8 Å². The third kappa shape index (κ3) is 5.64. The Kier molecular flexibility index (Phi) is 6.35. The summed E-state index contributed by atoms with van der Waals surface area (Å²) in [6, 6.07) is 12.3. The van der Waals surface area contributed by atoms with Crippen molar-refractivity contribution in [1.29, 1.82) is 0 Å². The molecule has 1 unspecified atom stereocenters. The van der Waals surface area contributed by atoms with E-state index in [1.54, 1.807) is 6.26 Å². The van der Waals surface area contributed by atoms with Crippen LogP contribution in [-0.2, 0) is 13.0 Å². The molecular weight excluding hydrogens is 262 g/mol. The SMILES string of the molecule is CCCCc1ccc(OC(C)CNCc2ccco2)cc1. The lowest BCUT2D eigenvalue weighted by molar-refractivity contribution is 0.215. The highest BCUT2D eigenvalue weighted by Gasteiger charge is 2.04. The first-order valence-corrected chi connectivity index (χ1v) is 7.76. The van der Waals surface area contributed by atoms with E-state index in [1.165, 1.54) is 18.4 Å². The summed E-state index contributed by atoms with van der Waals surface area (Å²) in [5.74, 6) is 1.88. The van der Waals surface area contributed by atoms with Crippen LogP contribution in [0.2, 0.25) is 0 Å². The van der Waals surface area contributed by atoms with Crippen LogP contribution in [0.5, 0.6) is 5.75 Å². The molecular formula is C18H25NO2. The molecule has 114 valence electrons. The summed E-state index contributed by atoms with van der Waals surface area (Å²) in [5.41, 5.74) is 1.38. The molecule has 3 heteroatoms. The number of furan rings is 1. The fraction of sp³-hybridized carbons (Fsp3) is 0.444. The highest BCUT2D eigenvalue weighted by atomic mass is 16.5. The van der Waals surface area contributed by atoms with E-state index in [0.717, 1.165) is 31.0 Å². The van der Waals surface area contributed by atoms with Crippen LogP contribution >= 0.6 is 0 Å². The second-order valence-corrected chi connectivity index (χ2v) is 5.39. The Bertz CT molecular complexity index is 490. The number of unbranched alkanes of at least 4 members (excludes halogenated alkanes) is 1. The summed E-state index contributed by atoms with van der Waals surface area (Å²) in [5, 5.41) is 3.33. The molecule has 1 heterocycles. The Morgan fingerprint density at radius 1 is 1.19 bits per heavy atom. The molecule has 2 rings (SSSR count). The number of aryl methyl sites for hydroxylation is 1. The zero-order chi connectivity index (χ0) is 14.9. The van der Waals surface area contributed by atoms with Gasteiger partial charge in [-0.05, 0) is 49.6 Å². The Balaban J connectivity index is 1.70. The van der Waals surface area contributed by atoms with E-state index in [2.05, 4.69) is 43.4 Å². The van der Waals surface area contributed by atoms with Gasteiger partial charge in [0.2, 0.25) is 0 Å². The first-order valence-electron chi connectivity index (χ1n) is 7.76. The molecule has 2 aromatic rings. The van der Waals surface area contributed by atoms with Gasteiger partial charge in [-0.25, -0.2) is 0 Å². The Labute approximate surface area is 127 Å². The maximum atomic E-state index is 5.90. The van der Waals surface area contributed by atoms with Gasteiger partial charge in [-0.3, -0.25) is 0 Å². The van der Waals surface area contributed by atoms with Crippen LogP contribution in [-0.4, -0.2) is 12.6 Å². The number of ether oxygens (including phenoxy) is 1. The fourth-order valence-corrected chi connectivity index (χ4v) is 2.20. The largest absolute Gasteiger partial charge is 0.489 e. The summed E-state index contributed by atoms with van der Waals surface area (Å²) >= 11 is 0. The van der Waals surface area contributed by atoms with Crippen molar-refractivity contribution in [3.05, 3.63) is 54.0 Å². The molecule has 0 saturated carbocycles. The van der Waals surface area contributed by atoms with Crippen molar-refractivity contribution < 1.29 is 9.15 Å². The lowest BCUT2D eigenvalue weighted by Gasteiger charge is -2.15. The van der Waals surface area contributed by atoms with Crippen LogP contribution in [0, 0.1) is 0 Å². The zero-order valence-electron chi connectivity index (χ0n) is 13.0. The van der Waals surface area contributed by atoms with Crippen molar-refractivity contribution in [3.8, 4) is 5.75 Å². The summed E-state index contributed by atoms with van der Waals surface area (Å²) in [6.45, 7) is 5.81. The number of hydrogen-bond acceptors (Lipinski definition) is 3. The molecule has 0 aliphatic rings. The van der Waals surface area contributed by atoms with Gasteiger partial charge in [0.15, 0.2) is 0 Å². The fourth-order valence-electron chi connectivity index (χ4n) is 2.20. The zero-order valence-corrected chi connectivity index (χ0v) is 13.0. The monoisotopic (exact) mass is 287 g/mol. The quantitative estimate of drug-likeness (QED) is 0.751. The highest BCUT2D eigenvalue weighted by Crippen LogP contribution is 2.15. The second kappa shape index (κ2) is 8.53. The van der Waals surface area contributed by atoms with Crippen LogP contribution in [0.1, 0.15) is 38.0 Å². The minimum atomic E-state index is 0.126. The van der Waals surface area contributed by atoms with E-state index in [1.807, 2.05) is 12.1 Å². The van der Waals surface area contributed by atoms with Gasteiger partial charge in [0.25, 0.3) is 0 Å². The second-order valence-electron chi connectivity index (χ2n) is 5.39. The van der Waals surface area contributed by atoms with Gasteiger partial charge in [-0.1, -0.05) is 25.5 Å². The summed E-state index contributed by atoms with van der Waals surface area (Å²) in [4.78, 5) is 0. The predicted molar refractivity (Wildman–Crippen MR) is 85.6 cm³/mol. The predicted octanol–water partition coefficient (Wildman–Crippen LogP) is 4.18. The van der Waals surface area contributed by atoms with E-state index in [-0.39, 0.29) is 6.10 Å². The Morgan fingerprint density at radius 3 is 2.67 bits per heavy atom. The first-order chi connectivity index (χ1) is 10.3. The first kappa shape index (κ1) is 15.6. The van der Waals surface area contributed by atoms with Gasteiger partial charge in [-0.2, -0.15) is 0 Å². The summed E-state index contributed by atoms with van der Waals surface area (Å²) in [6.07, 6.45) is 5.44. The Hall–Kier alpha value is -1.74. The van der Waals surface area contributed by atoms with Crippen molar-refractivity contribution in [2.24, 2.45) is 0 Å². The number of nitrogens with one attached hydrogen (secondary N) is 1. The van der Waals surface area contributed by atoms with Gasteiger partial charge in [0.05, 0.1) is 12.8 Å². The molecule has 1 N–H and O–H groups in total. The van der Waals surface area contributed by atoms with Crippen LogP contribution in [0.15, 0.2) is 47.1 Å². The van der Waals surface area contributed by atoms with Crippen LogP contribution in [0.25, 0.3) is 0 Å². The maximum absolute atomic E-state index is 5.90. The molecule has 0 fully saturated rings. The van der Waals surface area contributed by atoms with Gasteiger partial charge in [-0.15, -0.1) is 0 Å². The third-order valence-electron chi connectivity index (χ3n) is 3.39. The van der Waals surface area contributed by atoms with E-state index >= 15 is 0 Å². The van der Waals surface area contributed by atoms with Crippen molar-refractivity contribution in [1.82, 2.24) is 5.32 Å².